The number of hydrogen-bond acceptors (Lipinski definition) is 4. The number of hydrogen-bond donors (Lipinski definition) is 0. The average molecular weight is 172 g/mol. The maximum atomic E-state index is 10.6. The number of rotatable bonds is 4. The number of esters is 2. The van der Waals surface area contributed by atoms with Crippen LogP contribution < -0.4 is 0 Å². The van der Waals surface area contributed by atoms with E-state index in [1.807, 2.05) is 0 Å². The third kappa shape index (κ3) is 5.46. The molecule has 4 heteroatoms. The van der Waals surface area contributed by atoms with Gasteiger partial charge in [0, 0.05) is 6.08 Å². The maximum absolute atomic E-state index is 10.6. The van der Waals surface area contributed by atoms with Crippen LogP contribution in [0.2, 0.25) is 0 Å². The van der Waals surface area contributed by atoms with Crippen molar-refractivity contribution in [2.45, 2.75) is 13.8 Å². The van der Waals surface area contributed by atoms with E-state index in [9.17, 15) is 9.59 Å². The largest absolute Gasteiger partial charge is 0.463 e. The number of allylic oxidation sites excluding steroid dienone is 1. The minimum atomic E-state index is -0.537. The second-order valence-electron chi connectivity index (χ2n) is 1.91. The van der Waals surface area contributed by atoms with Gasteiger partial charge in [0.05, 0.1) is 6.61 Å². The van der Waals surface area contributed by atoms with Gasteiger partial charge < -0.3 is 9.47 Å². The lowest BCUT2D eigenvalue weighted by molar-refractivity contribution is -0.155. The molecule has 0 aromatic heterocycles. The predicted molar refractivity (Wildman–Crippen MR) is 42.4 cm³/mol. The second-order valence-corrected chi connectivity index (χ2v) is 1.91. The van der Waals surface area contributed by atoms with Crippen LogP contribution in [0.5, 0.6) is 0 Å². The zero-order valence-corrected chi connectivity index (χ0v) is 7.20. The molecule has 0 spiro atoms. The third-order valence-corrected chi connectivity index (χ3v) is 0.940. The van der Waals surface area contributed by atoms with Gasteiger partial charge in [0.2, 0.25) is 0 Å². The lowest BCUT2D eigenvalue weighted by Gasteiger charge is -2.00. The van der Waals surface area contributed by atoms with E-state index in [0.717, 1.165) is 0 Å². The minimum absolute atomic E-state index is 0.292. The van der Waals surface area contributed by atoms with Crippen molar-refractivity contribution in [1.29, 1.82) is 0 Å². The topological polar surface area (TPSA) is 52.6 Å². The van der Waals surface area contributed by atoms with Crippen molar-refractivity contribution in [2.24, 2.45) is 0 Å². The molecule has 0 fully saturated rings. The summed E-state index contributed by atoms with van der Waals surface area (Å²) in [6.07, 6.45) is 2.77. The SMILES string of the molecule is C/C=C/C(=O)OCC(=O)OCC. The molecular weight excluding hydrogens is 160 g/mol. The fourth-order valence-corrected chi connectivity index (χ4v) is 0.517. The van der Waals surface area contributed by atoms with Crippen molar-refractivity contribution in [3.05, 3.63) is 12.2 Å². The van der Waals surface area contributed by atoms with Crippen LogP contribution in [-0.4, -0.2) is 25.2 Å². The van der Waals surface area contributed by atoms with Crippen LogP contribution in [0.15, 0.2) is 12.2 Å². The zero-order chi connectivity index (χ0) is 9.40. The fraction of sp³-hybridized carbons (Fsp3) is 0.500. The molecule has 0 N–H and O–H groups in total. The minimum Gasteiger partial charge on any atom is -0.463 e. The summed E-state index contributed by atoms with van der Waals surface area (Å²) in [6, 6.07) is 0. The van der Waals surface area contributed by atoms with Crippen LogP contribution in [0.1, 0.15) is 13.8 Å². The van der Waals surface area contributed by atoms with Gasteiger partial charge in [0.1, 0.15) is 0 Å². The van der Waals surface area contributed by atoms with Gasteiger partial charge in [-0.2, -0.15) is 0 Å². The first kappa shape index (κ1) is 10.7. The Kier molecular flexibility index (Phi) is 5.69. The molecule has 0 aliphatic heterocycles. The zero-order valence-electron chi connectivity index (χ0n) is 7.20. The highest BCUT2D eigenvalue weighted by molar-refractivity contribution is 5.84. The molecule has 0 aromatic carbocycles. The van der Waals surface area contributed by atoms with Crippen molar-refractivity contribution in [3.63, 3.8) is 0 Å². The van der Waals surface area contributed by atoms with E-state index in [0.29, 0.717) is 6.61 Å². The molecule has 0 unspecified atom stereocenters. The molecule has 0 aromatic rings. The van der Waals surface area contributed by atoms with Gasteiger partial charge in [-0.3, -0.25) is 0 Å². The molecule has 0 bridgehead atoms. The molecule has 0 saturated carbocycles. The summed E-state index contributed by atoms with van der Waals surface area (Å²) < 4.78 is 9.03. The maximum Gasteiger partial charge on any atom is 0.344 e. The molecule has 12 heavy (non-hydrogen) atoms. The van der Waals surface area contributed by atoms with Crippen LogP contribution in [-0.2, 0) is 19.1 Å². The van der Waals surface area contributed by atoms with E-state index in [2.05, 4.69) is 9.47 Å². The average Bonchev–Trinajstić information content (AvgIpc) is 2.02. The highest BCUT2D eigenvalue weighted by Crippen LogP contribution is 1.84. The van der Waals surface area contributed by atoms with E-state index in [1.54, 1.807) is 13.8 Å². The van der Waals surface area contributed by atoms with Crippen LogP contribution in [0.3, 0.4) is 0 Å². The molecule has 68 valence electrons. The molecule has 4 nitrogen and oxygen atoms in total. The Morgan fingerprint density at radius 3 is 2.50 bits per heavy atom. The van der Waals surface area contributed by atoms with Crippen molar-refractivity contribution in [1.82, 2.24) is 0 Å². The molecule has 0 amide bonds. The number of carbonyl (C=O) groups is 2. The second kappa shape index (κ2) is 6.39. The quantitative estimate of drug-likeness (QED) is 0.462. The monoisotopic (exact) mass is 172 g/mol. The van der Waals surface area contributed by atoms with Crippen molar-refractivity contribution in [2.75, 3.05) is 13.2 Å². The van der Waals surface area contributed by atoms with E-state index < -0.39 is 11.9 Å². The van der Waals surface area contributed by atoms with E-state index in [4.69, 9.17) is 0 Å². The van der Waals surface area contributed by atoms with Gasteiger partial charge in [0.15, 0.2) is 6.61 Å². The normalized spacial score (nSPS) is 9.83. The molecule has 0 heterocycles. The Balaban J connectivity index is 3.54. The third-order valence-electron chi connectivity index (χ3n) is 0.940. The Morgan fingerprint density at radius 1 is 1.33 bits per heavy atom. The molecule has 0 radical (unpaired) electrons. The molecule has 0 aliphatic carbocycles. The smallest absolute Gasteiger partial charge is 0.344 e. The Hall–Kier alpha value is -1.32. The molecule has 0 saturated heterocycles. The molecule has 0 rings (SSSR count). The summed E-state index contributed by atoms with van der Waals surface area (Å²) in [7, 11) is 0. The van der Waals surface area contributed by atoms with Crippen LogP contribution in [0.25, 0.3) is 0 Å². The predicted octanol–water partition coefficient (Wildman–Crippen LogP) is 0.669. The summed E-state index contributed by atoms with van der Waals surface area (Å²) >= 11 is 0. The molecule has 0 atom stereocenters. The molecular formula is C8H12O4. The van der Waals surface area contributed by atoms with E-state index in [1.165, 1.54) is 12.2 Å². The standard InChI is InChI=1S/C8H12O4/c1-3-5-7(9)12-6-8(10)11-4-2/h3,5H,4,6H2,1-2H3/b5-3+. The van der Waals surface area contributed by atoms with Gasteiger partial charge in [-0.1, -0.05) is 6.08 Å². The Bertz CT molecular complexity index is 183. The van der Waals surface area contributed by atoms with Crippen molar-refractivity contribution < 1.29 is 19.1 Å². The lowest BCUT2D eigenvalue weighted by Crippen LogP contribution is -2.14. The summed E-state index contributed by atoms with van der Waals surface area (Å²) in [5.74, 6) is -1.07. The van der Waals surface area contributed by atoms with Gasteiger partial charge in [-0.15, -0.1) is 0 Å². The number of carbonyl (C=O) groups excluding carboxylic acids is 2. The fourth-order valence-electron chi connectivity index (χ4n) is 0.517. The first-order valence-electron chi connectivity index (χ1n) is 3.65. The summed E-state index contributed by atoms with van der Waals surface area (Å²) in [6.45, 7) is 3.34. The van der Waals surface area contributed by atoms with Gasteiger partial charge in [0.25, 0.3) is 0 Å². The highest BCUT2D eigenvalue weighted by atomic mass is 16.6. The van der Waals surface area contributed by atoms with E-state index >= 15 is 0 Å². The van der Waals surface area contributed by atoms with Gasteiger partial charge in [-0.05, 0) is 13.8 Å². The number of ether oxygens (including phenoxy) is 2. The van der Waals surface area contributed by atoms with Crippen LogP contribution in [0, 0.1) is 0 Å². The van der Waals surface area contributed by atoms with Crippen molar-refractivity contribution in [3.8, 4) is 0 Å². The van der Waals surface area contributed by atoms with Crippen LogP contribution in [0.4, 0.5) is 0 Å². The summed E-state index contributed by atoms with van der Waals surface area (Å²) in [5.41, 5.74) is 0. The summed E-state index contributed by atoms with van der Waals surface area (Å²) in [4.78, 5) is 21.3. The first-order valence-corrected chi connectivity index (χ1v) is 3.65. The first-order chi connectivity index (χ1) is 5.70. The van der Waals surface area contributed by atoms with E-state index in [-0.39, 0.29) is 6.61 Å². The van der Waals surface area contributed by atoms with Crippen molar-refractivity contribution >= 4 is 11.9 Å². The Labute approximate surface area is 71.2 Å². The molecule has 0 aliphatic rings. The summed E-state index contributed by atoms with van der Waals surface area (Å²) in [5, 5.41) is 0. The highest BCUT2D eigenvalue weighted by Gasteiger charge is 2.03. The van der Waals surface area contributed by atoms with Gasteiger partial charge >= 0.3 is 11.9 Å². The van der Waals surface area contributed by atoms with Gasteiger partial charge in [-0.25, -0.2) is 9.59 Å². The lowest BCUT2D eigenvalue weighted by atomic mass is 10.5. The Morgan fingerprint density at radius 2 is 2.00 bits per heavy atom. The van der Waals surface area contributed by atoms with Crippen LogP contribution >= 0.6 is 0 Å².